The van der Waals surface area contributed by atoms with Crippen molar-refractivity contribution in [1.29, 1.82) is 0 Å². The van der Waals surface area contributed by atoms with Crippen molar-refractivity contribution in [1.82, 2.24) is 0 Å². The van der Waals surface area contributed by atoms with Gasteiger partial charge in [-0.1, -0.05) is 41.4 Å². The van der Waals surface area contributed by atoms with Gasteiger partial charge in [-0.05, 0) is 29.5 Å². The first kappa shape index (κ1) is 10.9. The third-order valence-corrected chi connectivity index (χ3v) is 2.24. The number of hydrogen-bond donors (Lipinski definition) is 0. The number of benzene rings is 2. The summed E-state index contributed by atoms with van der Waals surface area (Å²) in [6.07, 6.45) is 0. The Morgan fingerprint density at radius 2 is 1.24 bits per heavy atom. The van der Waals surface area contributed by atoms with Crippen LogP contribution in [0.15, 0.2) is 65.9 Å². The molecule has 0 saturated heterocycles. The molecule has 17 heavy (non-hydrogen) atoms. The molecule has 0 N–H and O–H groups in total. The molecule has 0 radical (unpaired) electrons. The summed E-state index contributed by atoms with van der Waals surface area (Å²) >= 11 is 0. The number of hydrogen-bond acceptors (Lipinski definition) is 3. The average molecular weight is 228 g/mol. The van der Waals surface area contributed by atoms with Crippen molar-refractivity contribution < 1.29 is 4.97 Å². The molecule has 0 spiro atoms. The molecule has 2 rings (SSSR count). The predicted octanol–water partition coefficient (Wildman–Crippen LogP) is 3.20. The average Bonchev–Trinajstić information content (AvgIpc) is 2.41. The van der Waals surface area contributed by atoms with Gasteiger partial charge in [0.05, 0.1) is 0 Å². The van der Waals surface area contributed by atoms with Crippen molar-refractivity contribution in [2.24, 2.45) is 5.28 Å². The van der Waals surface area contributed by atoms with Crippen molar-refractivity contribution in [3.63, 3.8) is 0 Å². The molecule has 0 aliphatic rings. The number of rotatable bonds is 3. The molecule has 0 atom stereocenters. The quantitative estimate of drug-likeness (QED) is 0.460. The topological polar surface area (TPSA) is 64.7 Å². The second-order valence-electron chi connectivity index (χ2n) is 3.32. The summed E-state index contributed by atoms with van der Waals surface area (Å²) in [7, 11) is 0. The van der Waals surface area contributed by atoms with Gasteiger partial charge < -0.3 is 10.4 Å². The first-order valence-electron chi connectivity index (χ1n) is 5.03. The van der Waals surface area contributed by atoms with Crippen molar-refractivity contribution in [2.45, 2.75) is 0 Å². The van der Waals surface area contributed by atoms with Crippen molar-refractivity contribution >= 4 is 11.4 Å². The lowest BCUT2D eigenvalue weighted by atomic mass is 10.2. The molecule has 0 fully saturated rings. The second kappa shape index (κ2) is 4.98. The fraction of sp³-hybridized carbons (Fsp3) is 0. The summed E-state index contributed by atoms with van der Waals surface area (Å²) in [6.45, 7) is 0. The number of para-hydroxylation sites is 2. The zero-order valence-corrected chi connectivity index (χ0v) is 8.93. The highest BCUT2D eigenvalue weighted by Gasteiger charge is 2.16. The Morgan fingerprint density at radius 1 is 0.824 bits per heavy atom. The molecule has 0 bridgehead atoms. The van der Waals surface area contributed by atoms with Crippen LogP contribution in [-0.2, 0) is 0 Å². The van der Waals surface area contributed by atoms with Gasteiger partial charge in [-0.2, -0.15) is 0 Å². The minimum atomic E-state index is 0.0185. The lowest BCUT2D eigenvalue weighted by Crippen LogP contribution is -2.24. The van der Waals surface area contributed by atoms with Crippen LogP contribution in [0.3, 0.4) is 0 Å². The molecule has 0 aromatic heterocycles. The highest BCUT2D eigenvalue weighted by Crippen LogP contribution is 2.24. The van der Waals surface area contributed by atoms with Gasteiger partial charge in [-0.15, -0.1) is 0 Å². The fourth-order valence-electron chi connectivity index (χ4n) is 1.52. The Kier molecular flexibility index (Phi) is 3.20. The van der Waals surface area contributed by atoms with Crippen molar-refractivity contribution in [3.8, 4) is 0 Å². The van der Waals surface area contributed by atoms with Crippen LogP contribution in [-0.4, -0.2) is 4.97 Å². The first-order valence-corrected chi connectivity index (χ1v) is 5.03. The van der Waals surface area contributed by atoms with Crippen LogP contribution in [0.1, 0.15) is 0 Å². The Labute approximate surface area is 98.4 Å². The summed E-state index contributed by atoms with van der Waals surface area (Å²) < 4.78 is 0. The molecular weight excluding hydrogens is 218 g/mol. The van der Waals surface area contributed by atoms with Gasteiger partial charge in [0.2, 0.25) is 0 Å². The van der Waals surface area contributed by atoms with E-state index in [1.54, 1.807) is 48.5 Å². The maximum absolute atomic E-state index is 11.5. The minimum Gasteiger partial charge on any atom is -0.737 e. The van der Waals surface area contributed by atoms with E-state index in [2.05, 4.69) is 5.28 Å². The summed E-state index contributed by atoms with van der Waals surface area (Å²) in [4.78, 5) is 0.0185. The molecule has 2 aromatic rings. The zero-order valence-electron chi connectivity index (χ0n) is 8.93. The van der Waals surface area contributed by atoms with E-state index in [4.69, 9.17) is 0 Å². The maximum Gasteiger partial charge on any atom is 0.109 e. The fourth-order valence-corrected chi connectivity index (χ4v) is 1.52. The molecule has 0 aliphatic heterocycles. The molecule has 86 valence electrons. The normalized spacial score (nSPS) is 11.2. The second-order valence-corrected chi connectivity index (χ2v) is 3.32. The Morgan fingerprint density at radius 3 is 1.59 bits per heavy atom. The SMILES string of the molecule is [O-]/N=[N+](\[O-])N(c1ccccc1)c1ccccc1. The maximum atomic E-state index is 11.5. The number of anilines is 2. The van der Waals surface area contributed by atoms with Gasteiger partial charge in [-0.3, -0.25) is 0 Å². The van der Waals surface area contributed by atoms with Crippen LogP contribution in [0.2, 0.25) is 0 Å². The molecule has 0 unspecified atom stereocenters. The zero-order chi connectivity index (χ0) is 12.1. The van der Waals surface area contributed by atoms with Gasteiger partial charge in [-0.25, -0.2) is 0 Å². The van der Waals surface area contributed by atoms with Crippen molar-refractivity contribution in [3.05, 3.63) is 71.1 Å². The highest BCUT2D eigenvalue weighted by atomic mass is 16.6. The summed E-state index contributed by atoms with van der Waals surface area (Å²) in [5, 5.41) is 25.5. The van der Waals surface area contributed by atoms with Crippen LogP contribution in [0.25, 0.3) is 0 Å². The Balaban J connectivity index is 2.47. The van der Waals surface area contributed by atoms with Crippen LogP contribution in [0, 0.1) is 10.4 Å². The van der Waals surface area contributed by atoms with E-state index >= 15 is 0 Å². The van der Waals surface area contributed by atoms with E-state index in [9.17, 15) is 10.4 Å². The Bertz CT molecular complexity index is 460. The molecule has 0 heterocycles. The third-order valence-electron chi connectivity index (χ3n) is 2.24. The van der Waals surface area contributed by atoms with E-state index in [1.165, 1.54) is 5.01 Å². The summed E-state index contributed by atoms with van der Waals surface area (Å²) in [5.74, 6) is 0. The van der Waals surface area contributed by atoms with Crippen LogP contribution < -0.4 is 5.01 Å². The van der Waals surface area contributed by atoms with Gasteiger partial charge in [0, 0.05) is 4.97 Å². The van der Waals surface area contributed by atoms with Crippen molar-refractivity contribution in [2.75, 3.05) is 5.01 Å². The van der Waals surface area contributed by atoms with Crippen LogP contribution in [0.4, 0.5) is 11.4 Å². The van der Waals surface area contributed by atoms with E-state index in [1.807, 2.05) is 12.1 Å². The minimum absolute atomic E-state index is 0.0185. The first-order chi connectivity index (χ1) is 8.33. The summed E-state index contributed by atoms with van der Waals surface area (Å²) in [5.41, 5.74) is 1.15. The van der Waals surface area contributed by atoms with Gasteiger partial charge in [0.15, 0.2) is 0 Å². The standard InChI is InChI=1S/C12H11N3O2/c16-13-15(17)14(11-7-3-1-4-8-11)12-9-5-2-6-10-12/h1-10,16H/p-1/b15-13-. The Hall–Kier alpha value is -2.56. The molecule has 2 aromatic carbocycles. The van der Waals surface area contributed by atoms with Gasteiger partial charge >= 0.3 is 0 Å². The smallest absolute Gasteiger partial charge is 0.109 e. The molecule has 5 heteroatoms. The molecule has 0 aliphatic carbocycles. The van der Waals surface area contributed by atoms with Gasteiger partial charge in [0.1, 0.15) is 11.4 Å². The number of nitrogens with zero attached hydrogens (tertiary/aromatic N) is 3. The van der Waals surface area contributed by atoms with E-state index in [-0.39, 0.29) is 4.97 Å². The molecular formula is C12H10N3O2-. The largest absolute Gasteiger partial charge is 0.737 e. The predicted molar refractivity (Wildman–Crippen MR) is 64.4 cm³/mol. The highest BCUT2D eigenvalue weighted by molar-refractivity contribution is 5.59. The molecule has 0 saturated carbocycles. The number of hydrazine groups is 1. The molecule has 5 nitrogen and oxygen atoms in total. The third kappa shape index (κ3) is 2.34. The van der Waals surface area contributed by atoms with Crippen LogP contribution >= 0.6 is 0 Å². The lowest BCUT2D eigenvalue weighted by molar-refractivity contribution is -0.529. The monoisotopic (exact) mass is 228 g/mol. The lowest BCUT2D eigenvalue weighted by Gasteiger charge is -2.19. The molecule has 0 amide bonds. The van der Waals surface area contributed by atoms with Crippen LogP contribution in [0.5, 0.6) is 0 Å². The van der Waals surface area contributed by atoms with E-state index in [0.717, 1.165) is 0 Å². The van der Waals surface area contributed by atoms with E-state index in [0.29, 0.717) is 11.4 Å². The summed E-state index contributed by atoms with van der Waals surface area (Å²) in [6, 6.07) is 17.7. The van der Waals surface area contributed by atoms with E-state index < -0.39 is 0 Å². The van der Waals surface area contributed by atoms with Gasteiger partial charge in [0.25, 0.3) is 0 Å².